The summed E-state index contributed by atoms with van der Waals surface area (Å²) in [4.78, 5) is 66.0. The first-order chi connectivity index (χ1) is 25.7. The van der Waals surface area contributed by atoms with Crippen molar-refractivity contribution in [2.45, 2.75) is 62.8 Å². The van der Waals surface area contributed by atoms with E-state index in [2.05, 4.69) is 21.3 Å². The van der Waals surface area contributed by atoms with Gasteiger partial charge < -0.3 is 52.5 Å². The van der Waals surface area contributed by atoms with Gasteiger partial charge in [0.1, 0.15) is 47.2 Å². The molecule has 4 aromatic rings. The average Bonchev–Trinajstić information content (AvgIpc) is 3.14. The van der Waals surface area contributed by atoms with Crippen molar-refractivity contribution in [2.24, 2.45) is 5.73 Å². The number of carbonyl (C=O) groups excluding carboxylic acids is 4. The van der Waals surface area contributed by atoms with E-state index in [0.29, 0.717) is 22.3 Å². The number of nitrogens with two attached hydrogens (primary N) is 1. The van der Waals surface area contributed by atoms with Gasteiger partial charge >= 0.3 is 5.97 Å². The summed E-state index contributed by atoms with van der Waals surface area (Å²) in [5.41, 5.74) is 8.44. The van der Waals surface area contributed by atoms with E-state index >= 15 is 0 Å². The van der Waals surface area contributed by atoms with Crippen LogP contribution in [0.2, 0.25) is 0 Å². The van der Waals surface area contributed by atoms with Crippen LogP contribution in [-0.2, 0) is 49.7 Å². The molecule has 15 heteroatoms. The highest BCUT2D eigenvalue weighted by molar-refractivity contribution is 5.95. The maximum absolute atomic E-state index is 13.6. The van der Waals surface area contributed by atoms with Crippen molar-refractivity contribution in [3.05, 3.63) is 119 Å². The van der Waals surface area contributed by atoms with Crippen molar-refractivity contribution < 1.29 is 49.5 Å². The number of carboxylic acids is 1. The molecule has 0 aliphatic rings. The average molecular weight is 742 g/mol. The van der Waals surface area contributed by atoms with Crippen LogP contribution in [0.5, 0.6) is 23.0 Å². The number of hydrogen-bond donors (Lipinski definition) is 10. The van der Waals surface area contributed by atoms with Crippen molar-refractivity contribution >= 4 is 29.6 Å². The standard InChI is InChI=1S/C39H43N5O10/c1-22(41-37(51)32(19-24-4-12-28(46)13-5-24)43-36(50)31(40)18-23-2-10-27(45)11-3-23)35(49)42-33(20-25-6-14-29(47)15-7-25)38(52)44-34(39(53)54)21-26-8-16-30(48)17-9-26/h2-17,22,31-34,45-48H,18-21,40H2,1H3,(H,41,51)(H,42,49)(H,43,50)(H,44,52)(H,53,54)/t22-,31-,32-,33-,34-/m0/s1. The zero-order valence-electron chi connectivity index (χ0n) is 29.3. The van der Waals surface area contributed by atoms with Gasteiger partial charge in [0.25, 0.3) is 0 Å². The third-order valence-corrected chi connectivity index (χ3v) is 8.49. The van der Waals surface area contributed by atoms with Crippen LogP contribution in [0.3, 0.4) is 0 Å². The van der Waals surface area contributed by atoms with E-state index in [0.717, 1.165) is 0 Å². The molecular formula is C39H43N5O10. The van der Waals surface area contributed by atoms with E-state index in [1.165, 1.54) is 79.7 Å². The SMILES string of the molecule is C[C@H](NC(=O)[C@H](Cc1ccc(O)cc1)NC(=O)[C@@H](N)Cc1ccc(O)cc1)C(=O)N[C@@H](Cc1ccc(O)cc1)C(=O)N[C@@H](Cc1ccc(O)cc1)C(=O)O. The van der Waals surface area contributed by atoms with E-state index in [4.69, 9.17) is 5.73 Å². The Hall–Kier alpha value is -6.61. The number of benzene rings is 4. The minimum atomic E-state index is -1.40. The number of phenolic OH excluding ortho intramolecular Hbond substituents is 4. The summed E-state index contributed by atoms with van der Waals surface area (Å²) < 4.78 is 0. The maximum Gasteiger partial charge on any atom is 0.326 e. The van der Waals surface area contributed by atoms with E-state index in [1.54, 1.807) is 24.3 Å². The van der Waals surface area contributed by atoms with Gasteiger partial charge in [-0.1, -0.05) is 48.5 Å². The van der Waals surface area contributed by atoms with Crippen LogP contribution in [0, 0.1) is 0 Å². The van der Waals surface area contributed by atoms with Crippen molar-refractivity contribution in [3.63, 3.8) is 0 Å². The number of aromatic hydroxyl groups is 4. The molecule has 4 amide bonds. The second kappa shape index (κ2) is 18.8. The summed E-state index contributed by atoms with van der Waals surface area (Å²) in [6, 6.07) is 17.4. The Bertz CT molecular complexity index is 1900. The molecule has 4 aromatic carbocycles. The van der Waals surface area contributed by atoms with Crippen LogP contribution in [0.25, 0.3) is 0 Å². The minimum absolute atomic E-state index is 0.00840. The molecule has 11 N–H and O–H groups in total. The molecule has 0 spiro atoms. The van der Waals surface area contributed by atoms with Gasteiger partial charge in [-0.15, -0.1) is 0 Å². The quantitative estimate of drug-likeness (QED) is 0.0734. The van der Waals surface area contributed by atoms with Gasteiger partial charge in [-0.25, -0.2) is 4.79 Å². The molecule has 4 rings (SSSR count). The lowest BCUT2D eigenvalue weighted by atomic mass is 10.0. The van der Waals surface area contributed by atoms with E-state index < -0.39 is 59.8 Å². The molecule has 284 valence electrons. The van der Waals surface area contributed by atoms with Crippen LogP contribution < -0.4 is 27.0 Å². The normalized spacial score (nSPS) is 13.7. The van der Waals surface area contributed by atoms with Gasteiger partial charge in [0.15, 0.2) is 0 Å². The number of carboxylic acid groups (broad SMARTS) is 1. The largest absolute Gasteiger partial charge is 0.508 e. The number of aliphatic carboxylic acids is 1. The number of phenols is 4. The smallest absolute Gasteiger partial charge is 0.326 e. The van der Waals surface area contributed by atoms with Gasteiger partial charge in [-0.05, 0) is 84.1 Å². The molecule has 0 unspecified atom stereocenters. The van der Waals surface area contributed by atoms with Crippen LogP contribution in [-0.4, -0.2) is 85.3 Å². The highest BCUT2D eigenvalue weighted by Gasteiger charge is 2.31. The van der Waals surface area contributed by atoms with E-state index in [1.807, 2.05) is 0 Å². The number of nitrogens with one attached hydrogen (secondary N) is 4. The number of hydrogen-bond acceptors (Lipinski definition) is 10. The lowest BCUT2D eigenvalue weighted by molar-refractivity contribution is -0.142. The van der Waals surface area contributed by atoms with Crippen LogP contribution >= 0.6 is 0 Å². The van der Waals surface area contributed by atoms with Crippen LogP contribution in [0.4, 0.5) is 0 Å². The fraction of sp³-hybridized carbons (Fsp3) is 0.256. The molecule has 0 aromatic heterocycles. The Morgan fingerprint density at radius 3 is 1.13 bits per heavy atom. The fourth-order valence-corrected chi connectivity index (χ4v) is 5.43. The number of carbonyl (C=O) groups is 5. The lowest BCUT2D eigenvalue weighted by Crippen LogP contribution is -2.58. The Morgan fingerprint density at radius 1 is 0.463 bits per heavy atom. The monoisotopic (exact) mass is 741 g/mol. The topological polar surface area (TPSA) is 261 Å². The summed E-state index contributed by atoms with van der Waals surface area (Å²) in [5.74, 6) is -4.40. The van der Waals surface area contributed by atoms with Crippen LogP contribution in [0.1, 0.15) is 29.2 Å². The Balaban J connectivity index is 1.48. The zero-order chi connectivity index (χ0) is 39.4. The van der Waals surface area contributed by atoms with E-state index in [-0.39, 0.29) is 48.7 Å². The molecule has 0 bridgehead atoms. The molecule has 0 aliphatic heterocycles. The highest BCUT2D eigenvalue weighted by atomic mass is 16.4. The second-order valence-electron chi connectivity index (χ2n) is 12.8. The fourth-order valence-electron chi connectivity index (χ4n) is 5.43. The number of rotatable bonds is 17. The molecule has 54 heavy (non-hydrogen) atoms. The molecule has 5 atom stereocenters. The van der Waals surface area contributed by atoms with Gasteiger partial charge in [-0.2, -0.15) is 0 Å². The van der Waals surface area contributed by atoms with Crippen molar-refractivity contribution in [2.75, 3.05) is 0 Å². The predicted molar refractivity (Wildman–Crippen MR) is 196 cm³/mol. The number of amides is 4. The Kier molecular flexibility index (Phi) is 13.9. The first-order valence-electron chi connectivity index (χ1n) is 17.0. The molecule has 0 saturated heterocycles. The molecular weight excluding hydrogens is 698 g/mol. The van der Waals surface area contributed by atoms with Crippen LogP contribution in [0.15, 0.2) is 97.1 Å². The molecule has 0 heterocycles. The lowest BCUT2D eigenvalue weighted by Gasteiger charge is -2.25. The van der Waals surface area contributed by atoms with E-state index in [9.17, 15) is 49.5 Å². The van der Waals surface area contributed by atoms with Crippen molar-refractivity contribution in [3.8, 4) is 23.0 Å². The summed E-state index contributed by atoms with van der Waals surface area (Å²) >= 11 is 0. The zero-order valence-corrected chi connectivity index (χ0v) is 29.3. The summed E-state index contributed by atoms with van der Waals surface area (Å²) in [6.45, 7) is 1.36. The van der Waals surface area contributed by atoms with Gasteiger partial charge in [0.05, 0.1) is 6.04 Å². The first-order valence-corrected chi connectivity index (χ1v) is 17.0. The predicted octanol–water partition coefficient (Wildman–Crippen LogP) is 1.15. The summed E-state index contributed by atoms with van der Waals surface area (Å²) in [7, 11) is 0. The molecule has 0 saturated carbocycles. The van der Waals surface area contributed by atoms with Gasteiger partial charge in [0.2, 0.25) is 23.6 Å². The van der Waals surface area contributed by atoms with Gasteiger partial charge in [-0.3, -0.25) is 19.2 Å². The maximum atomic E-state index is 13.6. The summed E-state index contributed by atoms with van der Waals surface area (Å²) in [5, 5.41) is 58.7. The van der Waals surface area contributed by atoms with Crippen molar-refractivity contribution in [1.29, 1.82) is 0 Å². The molecule has 0 radical (unpaired) electrons. The first kappa shape index (κ1) is 40.2. The third-order valence-electron chi connectivity index (χ3n) is 8.49. The molecule has 15 nitrogen and oxygen atoms in total. The highest BCUT2D eigenvalue weighted by Crippen LogP contribution is 2.16. The Morgan fingerprint density at radius 2 is 0.759 bits per heavy atom. The molecule has 0 aliphatic carbocycles. The molecule has 0 fully saturated rings. The minimum Gasteiger partial charge on any atom is -0.508 e. The Labute approximate surface area is 310 Å². The second-order valence-corrected chi connectivity index (χ2v) is 12.8. The summed E-state index contributed by atoms with van der Waals surface area (Å²) in [6.07, 6.45) is -0.175. The van der Waals surface area contributed by atoms with Gasteiger partial charge in [0, 0.05) is 19.3 Å². The van der Waals surface area contributed by atoms with Crippen molar-refractivity contribution in [1.82, 2.24) is 21.3 Å². The third kappa shape index (κ3) is 12.3.